The lowest BCUT2D eigenvalue weighted by Crippen LogP contribution is -2.26. The number of rotatable bonds is 5. The van der Waals surface area contributed by atoms with Crippen LogP contribution in [0.1, 0.15) is 5.56 Å². The molecular formula is C16H15N3OS. The molecule has 0 aromatic carbocycles. The fourth-order valence-corrected chi connectivity index (χ4v) is 2.77. The average molecular weight is 297 g/mol. The second-order valence-electron chi connectivity index (χ2n) is 4.66. The van der Waals surface area contributed by atoms with Gasteiger partial charge in [-0.25, -0.2) is 0 Å². The molecule has 0 saturated carbocycles. The SMILES string of the molecule is O=C(Cn1cccc1)NCc1cccnc1-c1ccsc1. The summed E-state index contributed by atoms with van der Waals surface area (Å²) in [4.78, 5) is 16.4. The first-order valence-electron chi connectivity index (χ1n) is 6.67. The second kappa shape index (κ2) is 6.37. The first-order chi connectivity index (χ1) is 10.3. The summed E-state index contributed by atoms with van der Waals surface area (Å²) in [6, 6.07) is 9.74. The van der Waals surface area contributed by atoms with Crippen molar-refractivity contribution >= 4 is 17.2 Å². The lowest BCUT2D eigenvalue weighted by Gasteiger charge is -2.09. The normalized spacial score (nSPS) is 10.5. The molecule has 1 N–H and O–H groups in total. The predicted molar refractivity (Wildman–Crippen MR) is 83.8 cm³/mol. The van der Waals surface area contributed by atoms with Crippen molar-refractivity contribution in [3.63, 3.8) is 0 Å². The number of aromatic nitrogens is 2. The summed E-state index contributed by atoms with van der Waals surface area (Å²) >= 11 is 1.64. The van der Waals surface area contributed by atoms with Crippen LogP contribution in [0.3, 0.4) is 0 Å². The molecule has 4 nitrogen and oxygen atoms in total. The van der Waals surface area contributed by atoms with Crippen molar-refractivity contribution in [3.05, 3.63) is 65.2 Å². The second-order valence-corrected chi connectivity index (χ2v) is 5.44. The molecule has 1 amide bonds. The number of carbonyl (C=O) groups excluding carboxylic acids is 1. The largest absolute Gasteiger partial charge is 0.350 e. The Morgan fingerprint density at radius 2 is 2.10 bits per heavy atom. The van der Waals surface area contributed by atoms with E-state index in [1.807, 2.05) is 52.7 Å². The highest BCUT2D eigenvalue weighted by atomic mass is 32.1. The molecule has 5 heteroatoms. The van der Waals surface area contributed by atoms with Crippen molar-refractivity contribution in [2.75, 3.05) is 0 Å². The van der Waals surface area contributed by atoms with E-state index in [1.165, 1.54) is 0 Å². The molecule has 21 heavy (non-hydrogen) atoms. The van der Waals surface area contributed by atoms with Crippen LogP contribution in [0.2, 0.25) is 0 Å². The standard InChI is InChI=1S/C16H15N3OS/c20-15(11-19-7-1-2-8-19)18-10-13-4-3-6-17-16(13)14-5-9-21-12-14/h1-9,12H,10-11H2,(H,18,20). The number of pyridine rings is 1. The molecule has 106 valence electrons. The molecule has 0 aliphatic rings. The fourth-order valence-electron chi connectivity index (χ4n) is 2.13. The Labute approximate surface area is 127 Å². The van der Waals surface area contributed by atoms with Gasteiger partial charge in [-0.15, -0.1) is 0 Å². The third-order valence-electron chi connectivity index (χ3n) is 3.15. The third kappa shape index (κ3) is 3.38. The van der Waals surface area contributed by atoms with Crippen molar-refractivity contribution < 1.29 is 4.79 Å². The van der Waals surface area contributed by atoms with Crippen LogP contribution in [0.25, 0.3) is 11.3 Å². The number of thiophene rings is 1. The van der Waals surface area contributed by atoms with Crippen LogP contribution < -0.4 is 5.32 Å². The fraction of sp³-hybridized carbons (Fsp3) is 0.125. The van der Waals surface area contributed by atoms with Gasteiger partial charge in [0.25, 0.3) is 0 Å². The number of hydrogen-bond acceptors (Lipinski definition) is 3. The zero-order valence-electron chi connectivity index (χ0n) is 11.4. The van der Waals surface area contributed by atoms with Gasteiger partial charge in [0.2, 0.25) is 5.91 Å². The Morgan fingerprint density at radius 1 is 1.24 bits per heavy atom. The number of nitrogens with one attached hydrogen (secondary N) is 1. The van der Waals surface area contributed by atoms with Crippen molar-refractivity contribution in [3.8, 4) is 11.3 Å². The lowest BCUT2D eigenvalue weighted by molar-refractivity contribution is -0.121. The molecule has 0 saturated heterocycles. The molecule has 0 aliphatic heterocycles. The zero-order chi connectivity index (χ0) is 14.5. The highest BCUT2D eigenvalue weighted by Gasteiger charge is 2.08. The average Bonchev–Trinajstić information content (AvgIpc) is 3.18. The van der Waals surface area contributed by atoms with Gasteiger partial charge in [0, 0.05) is 36.1 Å². The summed E-state index contributed by atoms with van der Waals surface area (Å²) in [5.74, 6) is -0.00804. The highest BCUT2D eigenvalue weighted by molar-refractivity contribution is 7.08. The molecule has 0 unspecified atom stereocenters. The predicted octanol–water partition coefficient (Wildman–Crippen LogP) is 2.93. The Hall–Kier alpha value is -2.40. The molecule has 0 bridgehead atoms. The van der Waals surface area contributed by atoms with Gasteiger partial charge in [0.1, 0.15) is 6.54 Å². The molecule has 3 rings (SSSR count). The van der Waals surface area contributed by atoms with Crippen LogP contribution in [-0.2, 0) is 17.9 Å². The number of amides is 1. The van der Waals surface area contributed by atoms with Crippen molar-refractivity contribution in [2.45, 2.75) is 13.1 Å². The van der Waals surface area contributed by atoms with E-state index in [0.717, 1.165) is 16.8 Å². The molecule has 0 spiro atoms. The summed E-state index contributed by atoms with van der Waals surface area (Å²) in [7, 11) is 0. The van der Waals surface area contributed by atoms with Gasteiger partial charge >= 0.3 is 0 Å². The maximum Gasteiger partial charge on any atom is 0.240 e. The first kappa shape index (κ1) is 13.6. The minimum absolute atomic E-state index is 0.00804. The minimum atomic E-state index is -0.00804. The molecule has 3 aromatic rings. The van der Waals surface area contributed by atoms with Crippen molar-refractivity contribution in [1.82, 2.24) is 14.9 Å². The number of carbonyl (C=O) groups is 1. The van der Waals surface area contributed by atoms with E-state index >= 15 is 0 Å². The quantitative estimate of drug-likeness (QED) is 0.787. The Bertz CT molecular complexity index is 705. The summed E-state index contributed by atoms with van der Waals surface area (Å²) in [6.07, 6.45) is 5.53. The Kier molecular flexibility index (Phi) is 4.12. The first-order valence-corrected chi connectivity index (χ1v) is 7.61. The summed E-state index contributed by atoms with van der Waals surface area (Å²) in [6.45, 7) is 0.820. The van der Waals surface area contributed by atoms with Crippen LogP contribution >= 0.6 is 11.3 Å². The van der Waals surface area contributed by atoms with E-state index in [0.29, 0.717) is 13.1 Å². The molecule has 0 fully saturated rings. The topological polar surface area (TPSA) is 46.9 Å². The van der Waals surface area contributed by atoms with Gasteiger partial charge in [0.15, 0.2) is 0 Å². The van der Waals surface area contributed by atoms with Crippen LogP contribution in [0, 0.1) is 0 Å². The van der Waals surface area contributed by atoms with E-state index in [4.69, 9.17) is 0 Å². The monoisotopic (exact) mass is 297 g/mol. The van der Waals surface area contributed by atoms with E-state index in [-0.39, 0.29) is 5.91 Å². The van der Waals surface area contributed by atoms with Crippen LogP contribution in [0.4, 0.5) is 0 Å². The van der Waals surface area contributed by atoms with E-state index in [9.17, 15) is 4.79 Å². The number of hydrogen-bond donors (Lipinski definition) is 1. The van der Waals surface area contributed by atoms with Gasteiger partial charge in [-0.2, -0.15) is 11.3 Å². The minimum Gasteiger partial charge on any atom is -0.350 e. The lowest BCUT2D eigenvalue weighted by atomic mass is 10.1. The van der Waals surface area contributed by atoms with E-state index < -0.39 is 0 Å². The molecular weight excluding hydrogens is 282 g/mol. The summed E-state index contributed by atoms with van der Waals surface area (Å²) in [5.41, 5.74) is 3.05. The Morgan fingerprint density at radius 3 is 2.86 bits per heavy atom. The van der Waals surface area contributed by atoms with E-state index in [1.54, 1.807) is 17.5 Å². The molecule has 0 atom stereocenters. The van der Waals surface area contributed by atoms with Gasteiger partial charge in [-0.1, -0.05) is 6.07 Å². The zero-order valence-corrected chi connectivity index (χ0v) is 12.2. The number of nitrogens with zero attached hydrogens (tertiary/aromatic N) is 2. The molecule has 3 aromatic heterocycles. The van der Waals surface area contributed by atoms with Crippen LogP contribution in [0.5, 0.6) is 0 Å². The maximum atomic E-state index is 11.9. The summed E-state index contributed by atoms with van der Waals surface area (Å²) in [5, 5.41) is 7.03. The Balaban J connectivity index is 1.67. The van der Waals surface area contributed by atoms with Gasteiger partial charge in [-0.05, 0) is 35.2 Å². The summed E-state index contributed by atoms with van der Waals surface area (Å²) < 4.78 is 1.85. The smallest absolute Gasteiger partial charge is 0.240 e. The molecule has 3 heterocycles. The molecule has 0 radical (unpaired) electrons. The van der Waals surface area contributed by atoms with Crippen LogP contribution in [0.15, 0.2) is 59.7 Å². The van der Waals surface area contributed by atoms with E-state index in [2.05, 4.69) is 15.7 Å². The van der Waals surface area contributed by atoms with Crippen molar-refractivity contribution in [2.24, 2.45) is 0 Å². The van der Waals surface area contributed by atoms with Gasteiger partial charge in [0.05, 0.1) is 5.69 Å². The van der Waals surface area contributed by atoms with Crippen LogP contribution in [-0.4, -0.2) is 15.5 Å². The molecule has 0 aliphatic carbocycles. The van der Waals surface area contributed by atoms with Gasteiger partial charge in [-0.3, -0.25) is 9.78 Å². The van der Waals surface area contributed by atoms with Gasteiger partial charge < -0.3 is 9.88 Å². The maximum absolute atomic E-state index is 11.9. The van der Waals surface area contributed by atoms with Crippen molar-refractivity contribution in [1.29, 1.82) is 0 Å². The third-order valence-corrected chi connectivity index (χ3v) is 3.84. The highest BCUT2D eigenvalue weighted by Crippen LogP contribution is 2.23.